The molecule has 0 radical (unpaired) electrons. The summed E-state index contributed by atoms with van der Waals surface area (Å²) in [5, 5.41) is 3.25. The lowest BCUT2D eigenvalue weighted by molar-refractivity contribution is 0.397. The van der Waals surface area contributed by atoms with Crippen molar-refractivity contribution in [3.8, 4) is 0 Å². The summed E-state index contributed by atoms with van der Waals surface area (Å²) in [6, 6.07) is 0. The van der Waals surface area contributed by atoms with E-state index in [1.165, 1.54) is 8.61 Å². The molecule has 0 aliphatic rings. The molecule has 0 aromatic rings. The first-order valence-corrected chi connectivity index (χ1v) is 7.74. The van der Waals surface area contributed by atoms with Crippen LogP contribution in [0.2, 0.25) is 0 Å². The van der Waals surface area contributed by atoms with E-state index in [1.807, 2.05) is 6.92 Å². The second-order valence-electron chi connectivity index (χ2n) is 4.65. The maximum atomic E-state index is 12.1. The third-order valence-corrected chi connectivity index (χ3v) is 4.42. The fourth-order valence-electron chi connectivity index (χ4n) is 1.54. The molecule has 0 amide bonds. The highest BCUT2D eigenvalue weighted by molar-refractivity contribution is 7.86. The van der Waals surface area contributed by atoms with Gasteiger partial charge in [-0.3, -0.25) is 0 Å². The van der Waals surface area contributed by atoms with Crippen molar-refractivity contribution in [2.24, 2.45) is 0 Å². The topological polar surface area (TPSA) is 52.7 Å². The maximum Gasteiger partial charge on any atom is 0.281 e. The van der Waals surface area contributed by atoms with E-state index in [-0.39, 0.29) is 0 Å². The highest BCUT2D eigenvalue weighted by Gasteiger charge is 2.22. The van der Waals surface area contributed by atoms with E-state index in [2.05, 4.69) is 18.8 Å². The Labute approximate surface area is 112 Å². The van der Waals surface area contributed by atoms with E-state index in [1.54, 1.807) is 14.1 Å². The molecular formula is C12H27N3O2S. The average molecular weight is 277 g/mol. The molecule has 0 rings (SSSR count). The fraction of sp³-hybridized carbons (Fsp3) is 0.833. The first-order chi connectivity index (χ1) is 8.32. The van der Waals surface area contributed by atoms with Crippen LogP contribution in [0.5, 0.6) is 0 Å². The van der Waals surface area contributed by atoms with Crippen LogP contribution in [0.1, 0.15) is 26.7 Å². The van der Waals surface area contributed by atoms with Crippen molar-refractivity contribution in [3.05, 3.63) is 12.2 Å². The van der Waals surface area contributed by atoms with Crippen LogP contribution in [0, 0.1) is 0 Å². The van der Waals surface area contributed by atoms with Crippen LogP contribution in [0.25, 0.3) is 0 Å². The number of nitrogens with one attached hydrogen (secondary N) is 1. The lowest BCUT2D eigenvalue weighted by atomic mass is 10.4. The molecule has 0 aromatic heterocycles. The van der Waals surface area contributed by atoms with Gasteiger partial charge in [0, 0.05) is 27.2 Å². The van der Waals surface area contributed by atoms with Crippen LogP contribution in [-0.4, -0.2) is 57.3 Å². The van der Waals surface area contributed by atoms with Gasteiger partial charge in [0.15, 0.2) is 0 Å². The van der Waals surface area contributed by atoms with E-state index < -0.39 is 10.2 Å². The smallest absolute Gasteiger partial charge is 0.281 e. The van der Waals surface area contributed by atoms with Crippen molar-refractivity contribution in [2.45, 2.75) is 26.7 Å². The molecule has 0 spiro atoms. The summed E-state index contributed by atoms with van der Waals surface area (Å²) in [6.07, 6.45) is 1.91. The van der Waals surface area contributed by atoms with E-state index in [4.69, 9.17) is 0 Å². The van der Waals surface area contributed by atoms with Gasteiger partial charge in [-0.1, -0.05) is 19.1 Å². The number of rotatable bonds is 10. The molecule has 0 saturated carbocycles. The van der Waals surface area contributed by atoms with E-state index in [9.17, 15) is 8.42 Å². The van der Waals surface area contributed by atoms with Crippen molar-refractivity contribution < 1.29 is 8.42 Å². The Hall–Kier alpha value is -0.430. The molecular weight excluding hydrogens is 250 g/mol. The SMILES string of the molecule is C=C(C)CN(C)S(=O)(=O)N(C)CCCNCCC. The molecule has 0 heterocycles. The Bertz CT molecular complexity index is 341. The summed E-state index contributed by atoms with van der Waals surface area (Å²) in [4.78, 5) is 0. The van der Waals surface area contributed by atoms with Gasteiger partial charge in [-0.15, -0.1) is 0 Å². The van der Waals surface area contributed by atoms with Gasteiger partial charge in [0.2, 0.25) is 0 Å². The van der Waals surface area contributed by atoms with Gasteiger partial charge in [0.1, 0.15) is 0 Å². The molecule has 0 aromatic carbocycles. The van der Waals surface area contributed by atoms with Gasteiger partial charge < -0.3 is 5.32 Å². The van der Waals surface area contributed by atoms with E-state index in [0.717, 1.165) is 31.5 Å². The molecule has 0 aliphatic carbocycles. The van der Waals surface area contributed by atoms with Crippen molar-refractivity contribution >= 4 is 10.2 Å². The average Bonchev–Trinajstić information content (AvgIpc) is 2.27. The summed E-state index contributed by atoms with van der Waals surface area (Å²) in [5.74, 6) is 0. The van der Waals surface area contributed by atoms with Crippen LogP contribution in [0.15, 0.2) is 12.2 Å². The molecule has 0 saturated heterocycles. The van der Waals surface area contributed by atoms with Gasteiger partial charge in [0.25, 0.3) is 10.2 Å². The monoisotopic (exact) mass is 277 g/mol. The number of hydrogen-bond acceptors (Lipinski definition) is 3. The second-order valence-corrected chi connectivity index (χ2v) is 6.79. The first-order valence-electron chi connectivity index (χ1n) is 6.35. The summed E-state index contributed by atoms with van der Waals surface area (Å²) >= 11 is 0. The standard InChI is InChI=1S/C12H27N3O2S/c1-6-8-13-9-7-10-14(4)18(16,17)15(5)11-12(2)3/h13H,2,6-11H2,1,3-5H3. The second kappa shape index (κ2) is 8.63. The molecule has 0 aliphatic heterocycles. The lowest BCUT2D eigenvalue weighted by Gasteiger charge is -2.24. The minimum Gasteiger partial charge on any atom is -0.317 e. The minimum atomic E-state index is -3.35. The van der Waals surface area contributed by atoms with Gasteiger partial charge >= 0.3 is 0 Å². The Kier molecular flexibility index (Phi) is 8.43. The normalized spacial score (nSPS) is 12.3. The number of likely N-dealkylation sites (N-methyl/N-ethyl adjacent to an activating group) is 1. The van der Waals surface area contributed by atoms with Gasteiger partial charge in [-0.2, -0.15) is 17.0 Å². The minimum absolute atomic E-state index is 0.362. The Morgan fingerprint density at radius 1 is 1.22 bits per heavy atom. The summed E-state index contributed by atoms with van der Waals surface area (Å²) < 4.78 is 26.9. The molecule has 0 atom stereocenters. The molecule has 18 heavy (non-hydrogen) atoms. The molecule has 1 N–H and O–H groups in total. The summed E-state index contributed by atoms with van der Waals surface area (Å²) in [7, 11) is -0.154. The third-order valence-electron chi connectivity index (χ3n) is 2.53. The third kappa shape index (κ3) is 6.49. The maximum absolute atomic E-state index is 12.1. The van der Waals surface area contributed by atoms with Crippen molar-refractivity contribution in [1.82, 2.24) is 13.9 Å². The van der Waals surface area contributed by atoms with Gasteiger partial charge in [-0.05, 0) is 32.9 Å². The summed E-state index contributed by atoms with van der Waals surface area (Å²) in [6.45, 7) is 10.4. The fourth-order valence-corrected chi connectivity index (χ4v) is 2.76. The van der Waals surface area contributed by atoms with Crippen LogP contribution < -0.4 is 5.32 Å². The Balaban J connectivity index is 4.14. The van der Waals surface area contributed by atoms with Crippen LogP contribution in [0.4, 0.5) is 0 Å². The number of hydrogen-bond donors (Lipinski definition) is 1. The Morgan fingerprint density at radius 2 is 1.83 bits per heavy atom. The predicted octanol–water partition coefficient (Wildman–Crippen LogP) is 1.06. The van der Waals surface area contributed by atoms with Gasteiger partial charge in [0.05, 0.1) is 0 Å². The van der Waals surface area contributed by atoms with Crippen LogP contribution >= 0.6 is 0 Å². The first kappa shape index (κ1) is 17.6. The largest absolute Gasteiger partial charge is 0.317 e. The quantitative estimate of drug-likeness (QED) is 0.480. The van der Waals surface area contributed by atoms with Crippen molar-refractivity contribution in [3.63, 3.8) is 0 Å². The van der Waals surface area contributed by atoms with Crippen LogP contribution in [-0.2, 0) is 10.2 Å². The zero-order valence-electron chi connectivity index (χ0n) is 12.1. The zero-order valence-corrected chi connectivity index (χ0v) is 12.9. The summed E-state index contributed by atoms with van der Waals surface area (Å²) in [5.41, 5.74) is 0.832. The molecule has 5 nitrogen and oxygen atoms in total. The van der Waals surface area contributed by atoms with E-state index >= 15 is 0 Å². The Morgan fingerprint density at radius 3 is 2.33 bits per heavy atom. The predicted molar refractivity (Wildman–Crippen MR) is 76.8 cm³/mol. The van der Waals surface area contributed by atoms with Gasteiger partial charge in [-0.25, -0.2) is 0 Å². The van der Waals surface area contributed by atoms with E-state index in [0.29, 0.717) is 13.1 Å². The molecule has 0 fully saturated rings. The highest BCUT2D eigenvalue weighted by Crippen LogP contribution is 2.06. The molecule has 0 unspecified atom stereocenters. The van der Waals surface area contributed by atoms with Crippen molar-refractivity contribution in [1.29, 1.82) is 0 Å². The van der Waals surface area contributed by atoms with Crippen LogP contribution in [0.3, 0.4) is 0 Å². The number of nitrogens with zero attached hydrogens (tertiary/aromatic N) is 2. The molecule has 6 heteroatoms. The molecule has 0 bridgehead atoms. The molecule has 108 valence electrons. The van der Waals surface area contributed by atoms with Crippen molar-refractivity contribution in [2.75, 3.05) is 40.3 Å². The highest BCUT2D eigenvalue weighted by atomic mass is 32.2. The zero-order chi connectivity index (χ0) is 14.2. The lowest BCUT2D eigenvalue weighted by Crippen LogP contribution is -2.41.